The molecular formula is C18H23N3O4. The molecule has 1 heterocycles. The van der Waals surface area contributed by atoms with E-state index in [0.29, 0.717) is 18.3 Å². The molecule has 1 aromatic carbocycles. The van der Waals surface area contributed by atoms with Crippen molar-refractivity contribution in [1.29, 1.82) is 0 Å². The summed E-state index contributed by atoms with van der Waals surface area (Å²) in [7, 11) is 0. The van der Waals surface area contributed by atoms with E-state index in [2.05, 4.69) is 15.5 Å². The molecule has 0 atom stereocenters. The van der Waals surface area contributed by atoms with Gasteiger partial charge in [-0.3, -0.25) is 9.59 Å². The minimum atomic E-state index is -0.472. The molecule has 0 saturated carbocycles. The molecule has 0 spiro atoms. The maximum absolute atomic E-state index is 11.7. The van der Waals surface area contributed by atoms with Crippen LogP contribution in [0.2, 0.25) is 0 Å². The van der Waals surface area contributed by atoms with Crippen LogP contribution in [0.15, 0.2) is 28.7 Å². The van der Waals surface area contributed by atoms with Gasteiger partial charge in [0.2, 0.25) is 11.8 Å². The summed E-state index contributed by atoms with van der Waals surface area (Å²) >= 11 is 0. The van der Waals surface area contributed by atoms with E-state index in [1.54, 1.807) is 0 Å². The zero-order valence-corrected chi connectivity index (χ0v) is 14.6. The average Bonchev–Trinajstić information content (AvgIpc) is 3.08. The fraction of sp³-hybridized carbons (Fsp3) is 0.444. The van der Waals surface area contributed by atoms with Gasteiger partial charge >= 0.3 is 5.97 Å². The normalized spacial score (nSPS) is 10.5. The van der Waals surface area contributed by atoms with Crippen LogP contribution in [0.25, 0.3) is 11.5 Å². The Morgan fingerprint density at radius 3 is 2.68 bits per heavy atom. The Bertz CT molecular complexity index is 695. The Morgan fingerprint density at radius 1 is 1.20 bits per heavy atom. The lowest BCUT2D eigenvalue weighted by atomic mass is 10.1. The van der Waals surface area contributed by atoms with Crippen molar-refractivity contribution in [2.75, 3.05) is 13.2 Å². The van der Waals surface area contributed by atoms with Crippen LogP contribution in [0.5, 0.6) is 0 Å². The molecule has 2 aromatic rings. The number of nitrogens with zero attached hydrogens (tertiary/aromatic N) is 2. The van der Waals surface area contributed by atoms with E-state index < -0.39 is 5.97 Å². The number of esters is 1. The topological polar surface area (TPSA) is 94.3 Å². The summed E-state index contributed by atoms with van der Waals surface area (Å²) in [5, 5.41) is 10.6. The van der Waals surface area contributed by atoms with Crippen molar-refractivity contribution >= 4 is 11.9 Å². The zero-order valence-electron chi connectivity index (χ0n) is 14.6. The number of benzene rings is 1. The Labute approximate surface area is 146 Å². The van der Waals surface area contributed by atoms with Gasteiger partial charge in [-0.05, 0) is 25.5 Å². The first-order valence-corrected chi connectivity index (χ1v) is 8.40. The Kier molecular flexibility index (Phi) is 7.13. The van der Waals surface area contributed by atoms with Crippen molar-refractivity contribution in [2.24, 2.45) is 0 Å². The minimum Gasteiger partial charge on any atom is -0.456 e. The number of amides is 1. The van der Waals surface area contributed by atoms with E-state index in [1.165, 1.54) is 0 Å². The van der Waals surface area contributed by atoms with Gasteiger partial charge < -0.3 is 14.5 Å². The maximum Gasteiger partial charge on any atom is 0.306 e. The second-order valence-corrected chi connectivity index (χ2v) is 5.73. The third-order valence-electron chi connectivity index (χ3n) is 3.53. The van der Waals surface area contributed by atoms with Crippen LogP contribution in [-0.2, 0) is 20.7 Å². The number of hydrogen-bond acceptors (Lipinski definition) is 6. The summed E-state index contributed by atoms with van der Waals surface area (Å²) in [4.78, 5) is 23.1. The van der Waals surface area contributed by atoms with Gasteiger partial charge in [-0.2, -0.15) is 0 Å². The van der Waals surface area contributed by atoms with E-state index in [4.69, 9.17) is 9.15 Å². The van der Waals surface area contributed by atoms with Crippen molar-refractivity contribution in [3.63, 3.8) is 0 Å². The van der Waals surface area contributed by atoms with Crippen molar-refractivity contribution in [2.45, 2.75) is 39.5 Å². The molecule has 134 valence electrons. The monoisotopic (exact) mass is 345 g/mol. The number of aromatic nitrogens is 2. The summed E-state index contributed by atoms with van der Waals surface area (Å²) in [6, 6.07) is 7.72. The minimum absolute atomic E-state index is 0.0811. The number of hydrogen-bond donors (Lipinski definition) is 1. The fourth-order valence-electron chi connectivity index (χ4n) is 2.05. The smallest absolute Gasteiger partial charge is 0.306 e. The Morgan fingerprint density at radius 2 is 1.96 bits per heavy atom. The highest BCUT2D eigenvalue weighted by molar-refractivity contribution is 5.80. The zero-order chi connectivity index (χ0) is 18.1. The standard InChI is InChI=1S/C18H23N3O4/c1-3-4-11-19-15(22)12-24-17(23)10-9-16-20-21-18(25-16)14-7-5-13(2)6-8-14/h5-8H,3-4,9-12H2,1-2H3,(H,19,22). The summed E-state index contributed by atoms with van der Waals surface area (Å²) in [5.41, 5.74) is 1.97. The molecule has 0 bridgehead atoms. The first kappa shape index (κ1) is 18.6. The maximum atomic E-state index is 11.7. The van der Waals surface area contributed by atoms with Gasteiger partial charge in [0.05, 0.1) is 6.42 Å². The van der Waals surface area contributed by atoms with E-state index in [0.717, 1.165) is 24.0 Å². The molecule has 1 amide bonds. The number of nitrogens with one attached hydrogen (secondary N) is 1. The fourth-order valence-corrected chi connectivity index (χ4v) is 2.05. The van der Waals surface area contributed by atoms with Gasteiger partial charge in [0, 0.05) is 18.5 Å². The van der Waals surface area contributed by atoms with E-state index >= 15 is 0 Å². The summed E-state index contributed by atoms with van der Waals surface area (Å²) in [6.45, 7) is 4.37. The predicted octanol–water partition coefficient (Wildman–Crippen LogP) is 2.44. The largest absolute Gasteiger partial charge is 0.456 e. The molecule has 7 nitrogen and oxygen atoms in total. The lowest BCUT2D eigenvalue weighted by molar-refractivity contribution is -0.148. The van der Waals surface area contributed by atoms with Gasteiger partial charge in [-0.25, -0.2) is 0 Å². The van der Waals surface area contributed by atoms with E-state index in [9.17, 15) is 9.59 Å². The highest BCUT2D eigenvalue weighted by atomic mass is 16.5. The van der Waals surface area contributed by atoms with Crippen LogP contribution in [0.4, 0.5) is 0 Å². The Hall–Kier alpha value is -2.70. The SMILES string of the molecule is CCCCNC(=O)COC(=O)CCc1nnc(-c2ccc(C)cc2)o1. The molecule has 25 heavy (non-hydrogen) atoms. The van der Waals surface area contributed by atoms with E-state index in [1.807, 2.05) is 38.1 Å². The molecule has 0 fully saturated rings. The first-order chi connectivity index (χ1) is 12.1. The van der Waals surface area contributed by atoms with Crippen molar-refractivity contribution in [3.05, 3.63) is 35.7 Å². The molecule has 0 unspecified atom stereocenters. The highest BCUT2D eigenvalue weighted by Gasteiger charge is 2.12. The van der Waals surface area contributed by atoms with Crippen LogP contribution in [-0.4, -0.2) is 35.2 Å². The molecule has 0 aliphatic heterocycles. The number of rotatable bonds is 9. The van der Waals surface area contributed by atoms with Gasteiger partial charge in [0.25, 0.3) is 5.91 Å². The third-order valence-corrected chi connectivity index (χ3v) is 3.53. The van der Waals surface area contributed by atoms with Crippen LogP contribution in [0, 0.1) is 6.92 Å². The molecule has 0 saturated heterocycles. The molecule has 2 rings (SSSR count). The molecular weight excluding hydrogens is 322 g/mol. The average molecular weight is 345 g/mol. The number of aryl methyl sites for hydroxylation is 2. The van der Waals surface area contributed by atoms with E-state index in [-0.39, 0.29) is 25.4 Å². The predicted molar refractivity (Wildman–Crippen MR) is 91.7 cm³/mol. The van der Waals surface area contributed by atoms with Crippen LogP contribution < -0.4 is 5.32 Å². The van der Waals surface area contributed by atoms with Crippen molar-refractivity contribution in [3.8, 4) is 11.5 Å². The molecule has 0 aliphatic rings. The number of unbranched alkanes of at least 4 members (excludes halogenated alkanes) is 1. The summed E-state index contributed by atoms with van der Waals surface area (Å²) in [5.74, 6) is 0.0144. The van der Waals surface area contributed by atoms with Crippen molar-refractivity contribution in [1.82, 2.24) is 15.5 Å². The van der Waals surface area contributed by atoms with Gasteiger partial charge in [0.1, 0.15) is 0 Å². The van der Waals surface area contributed by atoms with Gasteiger partial charge in [-0.1, -0.05) is 31.0 Å². The van der Waals surface area contributed by atoms with Crippen LogP contribution in [0.1, 0.15) is 37.6 Å². The summed E-state index contributed by atoms with van der Waals surface area (Å²) < 4.78 is 10.5. The Balaban J connectivity index is 1.73. The van der Waals surface area contributed by atoms with Crippen molar-refractivity contribution < 1.29 is 18.7 Å². The summed E-state index contributed by atoms with van der Waals surface area (Å²) in [6.07, 6.45) is 2.25. The van der Waals surface area contributed by atoms with Gasteiger partial charge in [0.15, 0.2) is 6.61 Å². The van der Waals surface area contributed by atoms with Crippen LogP contribution >= 0.6 is 0 Å². The number of ether oxygens (including phenoxy) is 1. The molecule has 0 radical (unpaired) electrons. The second kappa shape index (κ2) is 9.56. The highest BCUT2D eigenvalue weighted by Crippen LogP contribution is 2.18. The number of carbonyl (C=O) groups excluding carboxylic acids is 2. The molecule has 7 heteroatoms. The van der Waals surface area contributed by atoms with Gasteiger partial charge in [-0.15, -0.1) is 10.2 Å². The first-order valence-electron chi connectivity index (χ1n) is 8.40. The molecule has 1 aromatic heterocycles. The third kappa shape index (κ3) is 6.37. The lowest BCUT2D eigenvalue weighted by Gasteiger charge is -2.05. The molecule has 0 aliphatic carbocycles. The lowest BCUT2D eigenvalue weighted by Crippen LogP contribution is -2.29. The number of carbonyl (C=O) groups is 2. The van der Waals surface area contributed by atoms with Crippen LogP contribution in [0.3, 0.4) is 0 Å². The quantitative estimate of drug-likeness (QED) is 0.554. The molecule has 1 N–H and O–H groups in total. The second-order valence-electron chi connectivity index (χ2n) is 5.73.